The number of phenols is 4. The number of rotatable bonds is 24. The molecule has 0 aromatic heterocycles. The predicted molar refractivity (Wildman–Crippen MR) is 260 cm³/mol. The maximum atomic E-state index is 10.3. The predicted octanol–water partition coefficient (Wildman–Crippen LogP) is 8.18. The summed E-state index contributed by atoms with van der Waals surface area (Å²) >= 11 is 0. The summed E-state index contributed by atoms with van der Waals surface area (Å²) in [5.74, 6) is 0.688. The summed E-state index contributed by atoms with van der Waals surface area (Å²) in [6, 6.07) is 32.1. The van der Waals surface area contributed by atoms with Crippen LogP contribution >= 0.6 is 0 Å². The van der Waals surface area contributed by atoms with Crippen LogP contribution in [0.2, 0.25) is 0 Å². The van der Waals surface area contributed by atoms with E-state index < -0.39 is 0 Å². The van der Waals surface area contributed by atoms with Crippen LogP contribution in [0, 0.1) is 0 Å². The standard InChI is InChI=1S/2C24H27N5O6.Co/c2*30-11-9-29(10-12-31)19-4-7-21(24(34)16-19)27-28-22-15-18(3-8-23(22)33)26-25-17-1-5-20(6-2-17)35-14-13-32;/h2*1-8,15-16,30-34H,9-14H2;. The molecule has 0 fully saturated rings. The second-order valence-corrected chi connectivity index (χ2v) is 14.5. The zero-order valence-corrected chi connectivity index (χ0v) is 39.2. The summed E-state index contributed by atoms with van der Waals surface area (Å²) in [5, 5.41) is 128. The van der Waals surface area contributed by atoms with Crippen molar-refractivity contribution >= 4 is 56.9 Å². The zero-order valence-electron chi connectivity index (χ0n) is 38.1. The molecule has 6 aromatic carbocycles. The molecule has 0 heterocycles. The van der Waals surface area contributed by atoms with Gasteiger partial charge in [-0.05, 0) is 109 Å². The monoisotopic (exact) mass is 1020 g/mol. The first-order valence-electron chi connectivity index (χ1n) is 21.7. The maximum absolute atomic E-state index is 10.3. The topological polar surface area (TPSA) is 326 Å². The molecule has 10 N–H and O–H groups in total. The largest absolute Gasteiger partial charge is 0.506 e. The van der Waals surface area contributed by atoms with Gasteiger partial charge in [0.05, 0.1) is 62.4 Å². The van der Waals surface area contributed by atoms with Crippen molar-refractivity contribution in [3.63, 3.8) is 0 Å². The number of azo groups is 4. The van der Waals surface area contributed by atoms with E-state index in [9.17, 15) is 40.9 Å². The SMILES string of the molecule is OCCOc1ccc(N=Nc2ccc(O)c(N=Nc3ccc(N(CCO)CCO)cc3O)c2)cc1.OCCOc1ccc(N=Nc2ccc(O)c(N=Nc3ccc(N(CCO)CCO)cc3O)c2)cc1.[Co]. The molecule has 0 bridgehead atoms. The fraction of sp³-hybridized carbons (Fsp3) is 0.250. The van der Waals surface area contributed by atoms with Crippen molar-refractivity contribution < 1.29 is 77.3 Å². The molecule has 6 aromatic rings. The Bertz CT molecular complexity index is 2490. The van der Waals surface area contributed by atoms with Gasteiger partial charge in [0.25, 0.3) is 0 Å². The Balaban J connectivity index is 0.000000304. The van der Waals surface area contributed by atoms with Crippen molar-refractivity contribution in [1.29, 1.82) is 0 Å². The second-order valence-electron chi connectivity index (χ2n) is 14.5. The number of benzene rings is 6. The van der Waals surface area contributed by atoms with Crippen LogP contribution in [0.1, 0.15) is 0 Å². The van der Waals surface area contributed by atoms with E-state index >= 15 is 0 Å². The number of phenolic OH excluding ortho intramolecular Hbond substituents is 4. The fourth-order valence-electron chi connectivity index (χ4n) is 6.11. The van der Waals surface area contributed by atoms with Crippen molar-refractivity contribution in [1.82, 2.24) is 0 Å². The van der Waals surface area contributed by atoms with Crippen LogP contribution in [0.4, 0.5) is 56.9 Å². The molecule has 0 amide bonds. The zero-order chi connectivity index (χ0) is 50.1. The van der Waals surface area contributed by atoms with Crippen LogP contribution in [-0.4, -0.2) is 130 Å². The normalized spacial score (nSPS) is 11.2. The minimum Gasteiger partial charge on any atom is -0.506 e. The van der Waals surface area contributed by atoms with E-state index in [1.807, 2.05) is 0 Å². The van der Waals surface area contributed by atoms with Gasteiger partial charge in [-0.15, -0.1) is 20.5 Å². The molecule has 23 heteroatoms. The molecule has 1 radical (unpaired) electrons. The molecule has 0 aliphatic carbocycles. The van der Waals surface area contributed by atoms with Gasteiger partial charge in [-0.3, -0.25) is 0 Å². The summed E-state index contributed by atoms with van der Waals surface area (Å²) in [6.07, 6.45) is 0. The van der Waals surface area contributed by atoms with Crippen molar-refractivity contribution in [2.24, 2.45) is 40.9 Å². The third kappa shape index (κ3) is 18.0. The van der Waals surface area contributed by atoms with Gasteiger partial charge in [0.15, 0.2) is 0 Å². The van der Waals surface area contributed by atoms with Crippen molar-refractivity contribution in [3.05, 3.63) is 121 Å². The van der Waals surface area contributed by atoms with Crippen LogP contribution in [0.25, 0.3) is 0 Å². The Kier molecular flexibility index (Phi) is 23.7. The van der Waals surface area contributed by atoms with E-state index in [2.05, 4.69) is 40.9 Å². The van der Waals surface area contributed by atoms with Crippen LogP contribution in [-0.2, 0) is 16.8 Å². The molecule has 6 rings (SSSR count). The van der Waals surface area contributed by atoms with Crippen LogP contribution in [0.3, 0.4) is 0 Å². The first-order chi connectivity index (χ1) is 34.1. The number of anilines is 2. The molecule has 0 saturated heterocycles. The summed E-state index contributed by atoms with van der Waals surface area (Å²) in [5.41, 5.74) is 3.89. The Hall–Kier alpha value is -7.61. The number of hydrogen-bond donors (Lipinski definition) is 10. The molecule has 377 valence electrons. The molecular weight excluding hydrogens is 968 g/mol. The molecule has 0 saturated carbocycles. The second kappa shape index (κ2) is 30.1. The Morgan fingerprint density at radius 2 is 0.648 bits per heavy atom. The molecule has 71 heavy (non-hydrogen) atoms. The Morgan fingerprint density at radius 3 is 0.972 bits per heavy atom. The van der Waals surface area contributed by atoms with Gasteiger partial charge in [-0.1, -0.05) is 0 Å². The molecule has 0 unspecified atom stereocenters. The summed E-state index contributed by atoms with van der Waals surface area (Å²) in [6.45, 7) is 1.10. The van der Waals surface area contributed by atoms with E-state index in [0.29, 0.717) is 71.8 Å². The third-order valence-electron chi connectivity index (χ3n) is 9.53. The Labute approximate surface area is 418 Å². The van der Waals surface area contributed by atoms with Crippen LogP contribution in [0.15, 0.2) is 162 Å². The average molecular weight is 1020 g/mol. The maximum Gasteiger partial charge on any atom is 0.145 e. The van der Waals surface area contributed by atoms with Crippen molar-refractivity contribution in [3.8, 4) is 34.5 Å². The van der Waals surface area contributed by atoms with Gasteiger partial charge in [-0.2, -0.15) is 20.5 Å². The van der Waals surface area contributed by atoms with Gasteiger partial charge in [-0.25, -0.2) is 0 Å². The minimum atomic E-state index is -0.145. The fourth-order valence-corrected chi connectivity index (χ4v) is 6.11. The van der Waals surface area contributed by atoms with Gasteiger partial charge in [0.1, 0.15) is 70.5 Å². The number of ether oxygens (including phenoxy) is 2. The Morgan fingerprint density at radius 1 is 0.324 bits per heavy atom. The van der Waals surface area contributed by atoms with E-state index in [-0.39, 0.29) is 115 Å². The molecule has 0 spiro atoms. The van der Waals surface area contributed by atoms with Crippen molar-refractivity contribution in [2.45, 2.75) is 0 Å². The third-order valence-corrected chi connectivity index (χ3v) is 9.53. The summed E-state index contributed by atoms with van der Waals surface area (Å²) in [4.78, 5) is 3.44. The van der Waals surface area contributed by atoms with E-state index in [1.54, 1.807) is 94.7 Å². The van der Waals surface area contributed by atoms with E-state index in [4.69, 9.17) is 19.7 Å². The molecule has 0 atom stereocenters. The van der Waals surface area contributed by atoms with Crippen molar-refractivity contribution in [2.75, 3.05) is 88.8 Å². The first kappa shape index (κ1) is 56.0. The van der Waals surface area contributed by atoms with E-state index in [0.717, 1.165) is 0 Å². The summed E-state index contributed by atoms with van der Waals surface area (Å²) < 4.78 is 10.6. The first-order valence-corrected chi connectivity index (χ1v) is 21.7. The number of hydrogen-bond acceptors (Lipinski definition) is 22. The average Bonchev–Trinajstić information content (AvgIpc) is 3.37. The number of aliphatic hydroxyl groups excluding tert-OH is 6. The summed E-state index contributed by atoms with van der Waals surface area (Å²) in [7, 11) is 0. The number of nitrogens with zero attached hydrogens (tertiary/aromatic N) is 10. The smallest absolute Gasteiger partial charge is 0.145 e. The molecular formula is C48H54CoN10O12. The number of aliphatic hydroxyl groups is 6. The molecule has 0 aliphatic rings. The van der Waals surface area contributed by atoms with Gasteiger partial charge in [0, 0.05) is 66.5 Å². The van der Waals surface area contributed by atoms with E-state index in [1.165, 1.54) is 36.4 Å². The van der Waals surface area contributed by atoms with Crippen LogP contribution < -0.4 is 19.3 Å². The number of aromatic hydroxyl groups is 4. The van der Waals surface area contributed by atoms with Gasteiger partial charge < -0.3 is 70.3 Å². The molecule has 22 nitrogen and oxygen atoms in total. The van der Waals surface area contributed by atoms with Gasteiger partial charge in [0.2, 0.25) is 0 Å². The minimum absolute atomic E-state index is 0. The quantitative estimate of drug-likeness (QED) is 0.0256. The van der Waals surface area contributed by atoms with Gasteiger partial charge >= 0.3 is 0 Å². The van der Waals surface area contributed by atoms with Crippen LogP contribution in [0.5, 0.6) is 34.5 Å². The molecule has 0 aliphatic heterocycles.